The summed E-state index contributed by atoms with van der Waals surface area (Å²) in [7, 11) is 1.40. The lowest BCUT2D eigenvalue weighted by Gasteiger charge is -2.28. The van der Waals surface area contributed by atoms with Gasteiger partial charge in [0.05, 0.1) is 6.61 Å². The molecule has 0 radical (unpaired) electrons. The molecule has 1 aliphatic rings. The number of aliphatic carboxylic acids is 1. The quantitative estimate of drug-likeness (QED) is 0.781. The Morgan fingerprint density at radius 2 is 1.63 bits per heavy atom. The molecule has 1 atom stereocenters. The predicted octanol–water partition coefficient (Wildman–Crippen LogP) is 3.40. The van der Waals surface area contributed by atoms with Gasteiger partial charge in [-0.2, -0.15) is 0 Å². The molecule has 1 aliphatic carbocycles. The minimum Gasteiger partial charge on any atom is -0.479 e. The molecule has 0 fully saturated rings. The van der Waals surface area contributed by atoms with Gasteiger partial charge in [-0.05, 0) is 28.7 Å². The standard InChI is InChI=1S/C21H23NO5/c1-3-21(13-26-2,19(23)24)22-20(25)27-12-18-16-10-6-4-8-14(16)15-9-5-7-11-17(15)18/h4-11,18H,3,12-13H2,1-2H3,(H,22,25)(H,23,24). The highest BCUT2D eigenvalue weighted by atomic mass is 16.6. The fourth-order valence-corrected chi connectivity index (χ4v) is 3.57. The number of hydrogen-bond acceptors (Lipinski definition) is 4. The van der Waals surface area contributed by atoms with Crippen molar-refractivity contribution < 1.29 is 24.2 Å². The van der Waals surface area contributed by atoms with Gasteiger partial charge in [0.25, 0.3) is 0 Å². The summed E-state index contributed by atoms with van der Waals surface area (Å²) in [5, 5.41) is 12.0. The van der Waals surface area contributed by atoms with E-state index in [1.165, 1.54) is 7.11 Å². The molecule has 142 valence electrons. The second kappa shape index (κ2) is 7.80. The van der Waals surface area contributed by atoms with Crippen molar-refractivity contribution in [2.24, 2.45) is 0 Å². The smallest absolute Gasteiger partial charge is 0.408 e. The minimum atomic E-state index is -1.50. The van der Waals surface area contributed by atoms with E-state index in [1.807, 2.05) is 36.4 Å². The maximum atomic E-state index is 12.3. The third-order valence-corrected chi connectivity index (χ3v) is 5.09. The van der Waals surface area contributed by atoms with E-state index in [2.05, 4.69) is 17.4 Å². The monoisotopic (exact) mass is 369 g/mol. The maximum Gasteiger partial charge on any atom is 0.408 e. The number of carbonyl (C=O) groups excluding carboxylic acids is 1. The van der Waals surface area contributed by atoms with Gasteiger partial charge >= 0.3 is 12.1 Å². The van der Waals surface area contributed by atoms with Crippen molar-refractivity contribution in [1.82, 2.24) is 5.32 Å². The first-order valence-electron chi connectivity index (χ1n) is 8.88. The number of ether oxygens (including phenoxy) is 2. The summed E-state index contributed by atoms with van der Waals surface area (Å²) < 4.78 is 10.4. The molecule has 1 amide bonds. The lowest BCUT2D eigenvalue weighted by Crippen LogP contribution is -2.57. The summed E-state index contributed by atoms with van der Waals surface area (Å²) in [5.41, 5.74) is 2.97. The molecule has 27 heavy (non-hydrogen) atoms. The van der Waals surface area contributed by atoms with E-state index in [-0.39, 0.29) is 25.6 Å². The first kappa shape index (κ1) is 18.9. The number of carboxylic acid groups (broad SMARTS) is 1. The van der Waals surface area contributed by atoms with Gasteiger partial charge in [-0.3, -0.25) is 0 Å². The van der Waals surface area contributed by atoms with Gasteiger partial charge in [-0.25, -0.2) is 9.59 Å². The molecular formula is C21H23NO5. The van der Waals surface area contributed by atoms with Gasteiger partial charge < -0.3 is 19.9 Å². The van der Waals surface area contributed by atoms with Crippen LogP contribution in [0, 0.1) is 0 Å². The Morgan fingerprint density at radius 3 is 2.11 bits per heavy atom. The van der Waals surface area contributed by atoms with Crippen LogP contribution in [0.5, 0.6) is 0 Å². The van der Waals surface area contributed by atoms with Crippen molar-refractivity contribution in [2.75, 3.05) is 20.3 Å². The van der Waals surface area contributed by atoms with Gasteiger partial charge in [-0.15, -0.1) is 0 Å². The average Bonchev–Trinajstić information content (AvgIpc) is 2.99. The van der Waals surface area contributed by atoms with Crippen LogP contribution in [0.4, 0.5) is 4.79 Å². The number of alkyl carbamates (subject to hydrolysis) is 1. The van der Waals surface area contributed by atoms with Gasteiger partial charge in [-0.1, -0.05) is 55.5 Å². The van der Waals surface area contributed by atoms with Crippen LogP contribution in [-0.4, -0.2) is 43.0 Å². The summed E-state index contributed by atoms with van der Waals surface area (Å²) >= 11 is 0. The predicted molar refractivity (Wildman–Crippen MR) is 101 cm³/mol. The Morgan fingerprint density at radius 1 is 1.07 bits per heavy atom. The van der Waals surface area contributed by atoms with Crippen molar-refractivity contribution in [2.45, 2.75) is 24.8 Å². The molecule has 3 rings (SSSR count). The van der Waals surface area contributed by atoms with Crippen LogP contribution in [0.1, 0.15) is 30.4 Å². The molecule has 0 aromatic heterocycles. The Balaban J connectivity index is 1.75. The first-order valence-corrected chi connectivity index (χ1v) is 8.88. The van der Waals surface area contributed by atoms with Crippen LogP contribution in [0.15, 0.2) is 48.5 Å². The SMILES string of the molecule is CCC(COC)(NC(=O)OCC1c2ccccc2-c2ccccc21)C(=O)O. The van der Waals surface area contributed by atoms with Gasteiger partial charge in [0.15, 0.2) is 5.54 Å². The highest BCUT2D eigenvalue weighted by Crippen LogP contribution is 2.44. The fourth-order valence-electron chi connectivity index (χ4n) is 3.57. The molecule has 0 saturated carbocycles. The number of nitrogens with one attached hydrogen (secondary N) is 1. The summed E-state index contributed by atoms with van der Waals surface area (Å²) in [5.74, 6) is -1.23. The Labute approximate surface area is 158 Å². The number of amides is 1. The molecular weight excluding hydrogens is 346 g/mol. The zero-order valence-electron chi connectivity index (χ0n) is 15.4. The van der Waals surface area contributed by atoms with E-state index in [0.29, 0.717) is 0 Å². The Hall–Kier alpha value is -2.86. The van der Waals surface area contributed by atoms with E-state index >= 15 is 0 Å². The lowest BCUT2D eigenvalue weighted by molar-refractivity contribution is -0.147. The van der Waals surface area contributed by atoms with Crippen LogP contribution in [0.25, 0.3) is 11.1 Å². The third kappa shape index (κ3) is 3.53. The largest absolute Gasteiger partial charge is 0.479 e. The average molecular weight is 369 g/mol. The molecule has 0 saturated heterocycles. The maximum absolute atomic E-state index is 12.3. The lowest BCUT2D eigenvalue weighted by atomic mass is 9.97. The van der Waals surface area contributed by atoms with Gasteiger partial charge in [0.1, 0.15) is 6.61 Å². The van der Waals surface area contributed by atoms with Gasteiger partial charge in [0.2, 0.25) is 0 Å². The second-order valence-corrected chi connectivity index (χ2v) is 6.62. The molecule has 6 nitrogen and oxygen atoms in total. The normalized spacial score (nSPS) is 14.7. The molecule has 0 spiro atoms. The summed E-state index contributed by atoms with van der Waals surface area (Å²) in [6, 6.07) is 16.1. The molecule has 2 N–H and O–H groups in total. The van der Waals surface area contributed by atoms with E-state index in [0.717, 1.165) is 22.3 Å². The van der Waals surface area contributed by atoms with Crippen LogP contribution in [0.2, 0.25) is 0 Å². The zero-order chi connectivity index (χ0) is 19.4. The Bertz CT molecular complexity index is 804. The number of benzene rings is 2. The molecule has 2 aromatic carbocycles. The van der Waals surface area contributed by atoms with Gasteiger partial charge in [0, 0.05) is 13.0 Å². The summed E-state index contributed by atoms with van der Waals surface area (Å²) in [6.07, 6.45) is -0.585. The summed E-state index contributed by atoms with van der Waals surface area (Å²) in [6.45, 7) is 1.67. The van der Waals surface area contributed by atoms with Crippen molar-refractivity contribution in [3.8, 4) is 11.1 Å². The topological polar surface area (TPSA) is 84.9 Å². The number of hydrogen-bond donors (Lipinski definition) is 2. The fraction of sp³-hybridized carbons (Fsp3) is 0.333. The molecule has 0 heterocycles. The first-order chi connectivity index (χ1) is 13.0. The zero-order valence-corrected chi connectivity index (χ0v) is 15.4. The van der Waals surface area contributed by atoms with Crippen molar-refractivity contribution >= 4 is 12.1 Å². The van der Waals surface area contributed by atoms with E-state index < -0.39 is 17.6 Å². The third-order valence-electron chi connectivity index (χ3n) is 5.09. The van der Waals surface area contributed by atoms with E-state index in [4.69, 9.17) is 9.47 Å². The highest BCUT2D eigenvalue weighted by Gasteiger charge is 2.39. The van der Waals surface area contributed by atoms with Crippen LogP contribution in [0.3, 0.4) is 0 Å². The summed E-state index contributed by atoms with van der Waals surface area (Å²) in [4.78, 5) is 23.9. The van der Waals surface area contributed by atoms with Crippen molar-refractivity contribution in [1.29, 1.82) is 0 Å². The van der Waals surface area contributed by atoms with Crippen molar-refractivity contribution in [3.05, 3.63) is 59.7 Å². The van der Waals surface area contributed by atoms with Crippen molar-refractivity contribution in [3.63, 3.8) is 0 Å². The number of methoxy groups -OCH3 is 1. The van der Waals surface area contributed by atoms with Crippen LogP contribution >= 0.6 is 0 Å². The number of rotatable bonds is 7. The number of carbonyl (C=O) groups is 2. The number of carboxylic acids is 1. The van der Waals surface area contributed by atoms with E-state index in [1.54, 1.807) is 6.92 Å². The molecule has 0 aliphatic heterocycles. The Kier molecular flexibility index (Phi) is 5.46. The second-order valence-electron chi connectivity index (χ2n) is 6.62. The van der Waals surface area contributed by atoms with Crippen LogP contribution < -0.4 is 5.32 Å². The minimum absolute atomic E-state index is 0.0774. The van der Waals surface area contributed by atoms with E-state index in [9.17, 15) is 14.7 Å². The molecule has 1 unspecified atom stereocenters. The number of fused-ring (bicyclic) bond motifs is 3. The molecule has 2 aromatic rings. The molecule has 0 bridgehead atoms. The van der Waals surface area contributed by atoms with Crippen LogP contribution in [-0.2, 0) is 14.3 Å². The molecule has 6 heteroatoms. The highest BCUT2D eigenvalue weighted by molar-refractivity contribution is 5.84.